The van der Waals surface area contributed by atoms with Crippen LogP contribution in [-0.4, -0.2) is 59.1 Å². The Balaban J connectivity index is 1.91. The number of aromatic nitrogens is 2. The molecule has 0 fully saturated rings. The molecular formula is C31H59N5O3. The highest BCUT2D eigenvalue weighted by Crippen LogP contribution is 2.33. The van der Waals surface area contributed by atoms with E-state index >= 15 is 0 Å². The van der Waals surface area contributed by atoms with Crippen LogP contribution in [0.2, 0.25) is 0 Å². The lowest BCUT2D eigenvalue weighted by molar-refractivity contribution is 0.180. The van der Waals surface area contributed by atoms with Crippen LogP contribution in [0.15, 0.2) is 9.59 Å². The summed E-state index contributed by atoms with van der Waals surface area (Å²) in [7, 11) is 5.90. The van der Waals surface area contributed by atoms with Gasteiger partial charge in [-0.25, -0.2) is 4.79 Å². The summed E-state index contributed by atoms with van der Waals surface area (Å²) in [6.07, 6.45) is 22.1. The average molecular weight is 550 g/mol. The molecule has 0 spiro atoms. The summed E-state index contributed by atoms with van der Waals surface area (Å²) in [6, 6.07) is 0. The zero-order valence-corrected chi connectivity index (χ0v) is 25.8. The van der Waals surface area contributed by atoms with Crippen molar-refractivity contribution in [3.05, 3.63) is 20.8 Å². The molecule has 226 valence electrons. The van der Waals surface area contributed by atoms with Gasteiger partial charge in [-0.1, -0.05) is 103 Å². The number of nitrogens with one attached hydrogen (secondary N) is 1. The van der Waals surface area contributed by atoms with Gasteiger partial charge >= 0.3 is 5.69 Å². The van der Waals surface area contributed by atoms with Crippen LogP contribution in [0, 0.1) is 0 Å². The van der Waals surface area contributed by atoms with Gasteiger partial charge in [-0.3, -0.25) is 19.2 Å². The summed E-state index contributed by atoms with van der Waals surface area (Å²) in [5, 5.41) is 9.45. The van der Waals surface area contributed by atoms with Crippen molar-refractivity contribution in [3.8, 4) is 0 Å². The van der Waals surface area contributed by atoms with Crippen LogP contribution in [0.5, 0.6) is 0 Å². The molecule has 2 N–H and O–H groups in total. The molecule has 8 heteroatoms. The molecule has 2 unspecified atom stereocenters. The SMILES string of the molecule is CCCCCCCCCCCCN(C)C(CCCCCCCCC(C)O)N1CN(C)c2c1n(C)c(=O)[nH]c2=O. The molecule has 39 heavy (non-hydrogen) atoms. The van der Waals surface area contributed by atoms with Gasteiger partial charge in [0.15, 0.2) is 0 Å². The number of nitrogens with zero attached hydrogens (tertiary/aromatic N) is 4. The van der Waals surface area contributed by atoms with Crippen molar-refractivity contribution in [2.75, 3.05) is 37.1 Å². The predicted molar refractivity (Wildman–Crippen MR) is 165 cm³/mol. The standard InChI is InChI=1S/C31H59N5O3/c1-6-7-8-9-10-11-12-15-18-21-24-33(3)27(23-20-17-14-13-16-19-22-26(2)37)36-25-34(4)28-29(38)32-31(39)35(5)30(28)36/h26-27,37H,6-25H2,1-5H3,(H,32,38,39). The highest BCUT2D eigenvalue weighted by Gasteiger charge is 2.35. The molecule has 0 bridgehead atoms. The van der Waals surface area contributed by atoms with E-state index in [1.807, 2.05) is 18.9 Å². The van der Waals surface area contributed by atoms with Crippen LogP contribution < -0.4 is 21.0 Å². The maximum absolute atomic E-state index is 12.7. The third-order valence-electron chi connectivity index (χ3n) is 8.36. The van der Waals surface area contributed by atoms with Gasteiger partial charge in [0.1, 0.15) is 11.5 Å². The number of fused-ring (bicyclic) bond motifs is 1. The molecule has 0 aromatic carbocycles. The van der Waals surface area contributed by atoms with Crippen LogP contribution >= 0.6 is 0 Å². The van der Waals surface area contributed by atoms with Gasteiger partial charge in [-0.2, -0.15) is 0 Å². The smallest absolute Gasteiger partial charge is 0.329 e. The Morgan fingerprint density at radius 3 is 1.90 bits per heavy atom. The first-order chi connectivity index (χ1) is 18.8. The quantitative estimate of drug-likeness (QED) is 0.173. The summed E-state index contributed by atoms with van der Waals surface area (Å²) in [6.45, 7) is 5.77. The molecule has 0 saturated heterocycles. The molecule has 0 aliphatic carbocycles. The number of anilines is 2. The number of aliphatic hydroxyl groups is 1. The van der Waals surface area contributed by atoms with E-state index in [0.717, 1.165) is 38.0 Å². The molecule has 1 aromatic heterocycles. The van der Waals surface area contributed by atoms with Crippen molar-refractivity contribution >= 4 is 11.5 Å². The van der Waals surface area contributed by atoms with Crippen molar-refractivity contribution in [1.29, 1.82) is 0 Å². The molecule has 2 atom stereocenters. The molecule has 1 aromatic rings. The van der Waals surface area contributed by atoms with Crippen molar-refractivity contribution in [2.24, 2.45) is 7.05 Å². The maximum atomic E-state index is 12.7. The van der Waals surface area contributed by atoms with E-state index < -0.39 is 0 Å². The maximum Gasteiger partial charge on any atom is 0.329 e. The number of hydrogen-bond acceptors (Lipinski definition) is 6. The molecule has 8 nitrogen and oxygen atoms in total. The first-order valence-electron chi connectivity index (χ1n) is 16.0. The Bertz CT molecular complexity index is 912. The number of rotatable bonds is 22. The van der Waals surface area contributed by atoms with Crippen LogP contribution in [0.1, 0.15) is 129 Å². The Hall–Kier alpha value is -1.80. The Morgan fingerprint density at radius 1 is 0.821 bits per heavy atom. The predicted octanol–water partition coefficient (Wildman–Crippen LogP) is 5.97. The lowest BCUT2D eigenvalue weighted by atomic mass is 10.0. The normalized spacial score (nSPS) is 14.8. The molecule has 1 aliphatic heterocycles. The average Bonchev–Trinajstić information content (AvgIpc) is 3.24. The van der Waals surface area contributed by atoms with Gasteiger partial charge < -0.3 is 14.9 Å². The van der Waals surface area contributed by atoms with Crippen LogP contribution in [-0.2, 0) is 7.05 Å². The zero-order chi connectivity index (χ0) is 28.6. The van der Waals surface area contributed by atoms with Gasteiger partial charge in [-0.15, -0.1) is 0 Å². The lowest BCUT2D eigenvalue weighted by Gasteiger charge is -2.37. The first kappa shape index (κ1) is 33.4. The van der Waals surface area contributed by atoms with Gasteiger partial charge in [0.25, 0.3) is 5.56 Å². The second-order valence-corrected chi connectivity index (χ2v) is 12.0. The fourth-order valence-electron chi connectivity index (χ4n) is 5.96. The van der Waals surface area contributed by atoms with Gasteiger partial charge in [-0.05, 0) is 39.8 Å². The number of unbranched alkanes of at least 4 members (excludes halogenated alkanes) is 14. The Morgan fingerprint density at radius 2 is 1.33 bits per heavy atom. The summed E-state index contributed by atoms with van der Waals surface area (Å²) in [5.74, 6) is 0.740. The zero-order valence-electron chi connectivity index (χ0n) is 25.8. The third-order valence-corrected chi connectivity index (χ3v) is 8.36. The second kappa shape index (κ2) is 18.5. The van der Waals surface area contributed by atoms with E-state index in [1.165, 1.54) is 89.9 Å². The summed E-state index contributed by atoms with van der Waals surface area (Å²) in [5.41, 5.74) is -0.0636. The molecule has 2 rings (SSSR count). The van der Waals surface area contributed by atoms with E-state index in [-0.39, 0.29) is 23.5 Å². The van der Waals surface area contributed by atoms with Crippen molar-refractivity contribution in [2.45, 2.75) is 142 Å². The van der Waals surface area contributed by atoms with Crippen molar-refractivity contribution in [3.63, 3.8) is 0 Å². The first-order valence-corrected chi connectivity index (χ1v) is 16.0. The second-order valence-electron chi connectivity index (χ2n) is 12.0. The number of hydrogen-bond donors (Lipinski definition) is 2. The summed E-state index contributed by atoms with van der Waals surface area (Å²) >= 11 is 0. The van der Waals surface area contributed by atoms with E-state index in [4.69, 9.17) is 0 Å². The number of aliphatic hydroxyl groups excluding tert-OH is 1. The lowest BCUT2D eigenvalue weighted by Crippen LogP contribution is -2.49. The van der Waals surface area contributed by atoms with Crippen molar-refractivity contribution in [1.82, 2.24) is 14.5 Å². The Labute approximate surface area is 237 Å². The molecule has 1 aliphatic rings. The van der Waals surface area contributed by atoms with E-state index in [0.29, 0.717) is 12.4 Å². The highest BCUT2D eigenvalue weighted by molar-refractivity contribution is 5.71. The van der Waals surface area contributed by atoms with Crippen LogP contribution in [0.3, 0.4) is 0 Å². The minimum Gasteiger partial charge on any atom is -0.393 e. The minimum absolute atomic E-state index is 0.148. The molecular weight excluding hydrogens is 490 g/mol. The van der Waals surface area contributed by atoms with E-state index in [9.17, 15) is 14.7 Å². The number of H-pyrrole nitrogens is 1. The highest BCUT2D eigenvalue weighted by atomic mass is 16.3. The molecule has 0 amide bonds. The van der Waals surface area contributed by atoms with Gasteiger partial charge in [0, 0.05) is 14.1 Å². The van der Waals surface area contributed by atoms with Crippen LogP contribution in [0.25, 0.3) is 0 Å². The fraction of sp³-hybridized carbons (Fsp3) is 0.871. The van der Waals surface area contributed by atoms with E-state index in [2.05, 4.69) is 28.8 Å². The number of aromatic amines is 1. The topological polar surface area (TPSA) is 84.8 Å². The minimum atomic E-state index is -0.354. The van der Waals surface area contributed by atoms with E-state index in [1.54, 1.807) is 11.6 Å². The third kappa shape index (κ3) is 11.3. The molecule has 2 heterocycles. The monoisotopic (exact) mass is 549 g/mol. The summed E-state index contributed by atoms with van der Waals surface area (Å²) < 4.78 is 1.60. The summed E-state index contributed by atoms with van der Waals surface area (Å²) in [4.78, 5) is 34.3. The Kier molecular flexibility index (Phi) is 15.9. The fourth-order valence-corrected chi connectivity index (χ4v) is 5.96. The largest absolute Gasteiger partial charge is 0.393 e. The van der Waals surface area contributed by atoms with Gasteiger partial charge in [0.05, 0.1) is 18.9 Å². The van der Waals surface area contributed by atoms with Gasteiger partial charge in [0.2, 0.25) is 0 Å². The van der Waals surface area contributed by atoms with Crippen molar-refractivity contribution < 1.29 is 5.11 Å². The van der Waals surface area contributed by atoms with Crippen LogP contribution in [0.4, 0.5) is 11.5 Å². The molecule has 0 radical (unpaired) electrons. The molecule has 0 saturated carbocycles.